The Morgan fingerprint density at radius 2 is 0.983 bits per heavy atom. The van der Waals surface area contributed by atoms with Gasteiger partial charge in [0.25, 0.3) is 0 Å². The van der Waals surface area contributed by atoms with Crippen molar-refractivity contribution in [2.75, 3.05) is 62.0 Å². The molecule has 117 heavy (non-hydrogen) atoms. The van der Waals surface area contributed by atoms with Gasteiger partial charge in [-0.1, -0.05) is 77.1 Å². The summed E-state index contributed by atoms with van der Waals surface area (Å²) in [7, 11) is 10.4. The molecule has 11 N–H and O–H groups in total. The highest BCUT2D eigenvalue weighted by molar-refractivity contribution is 5.73. The first kappa shape index (κ1) is 100. The number of aromatic nitrogens is 3. The zero-order chi connectivity index (χ0) is 87.7. The van der Waals surface area contributed by atoms with Gasteiger partial charge in [-0.15, -0.1) is 5.10 Å². The lowest BCUT2D eigenvalue weighted by atomic mass is 9.77. The molecule has 6 aliphatic heterocycles. The highest BCUT2D eigenvalue weighted by atomic mass is 16.7. The van der Waals surface area contributed by atoms with E-state index < -0.39 is 198 Å². The summed E-state index contributed by atoms with van der Waals surface area (Å²) in [6.07, 6.45) is -13.5. The lowest BCUT2D eigenvalue weighted by molar-refractivity contribution is -0.318. The Morgan fingerprint density at radius 3 is 1.39 bits per heavy atom. The van der Waals surface area contributed by atoms with Gasteiger partial charge in [-0.3, -0.25) is 19.2 Å². The van der Waals surface area contributed by atoms with Gasteiger partial charge in [0, 0.05) is 88.9 Å². The van der Waals surface area contributed by atoms with Crippen molar-refractivity contribution in [2.24, 2.45) is 35.5 Å². The molecule has 0 saturated carbocycles. The number of methoxy groups -OCH3 is 2. The molecule has 31 heteroatoms. The second kappa shape index (κ2) is 42.3. The van der Waals surface area contributed by atoms with Gasteiger partial charge in [0.15, 0.2) is 25.2 Å². The Labute approximate surface area is 696 Å². The van der Waals surface area contributed by atoms with Crippen LogP contribution < -0.4 is 5.32 Å². The van der Waals surface area contributed by atoms with Crippen molar-refractivity contribution in [3.05, 3.63) is 47.8 Å². The quantitative estimate of drug-likeness (QED) is 0.0785. The van der Waals surface area contributed by atoms with E-state index in [-0.39, 0.29) is 68.6 Å². The number of hydrogen-bond donors (Lipinski definition) is 11. The van der Waals surface area contributed by atoms with Crippen molar-refractivity contribution >= 4 is 11.9 Å². The minimum absolute atomic E-state index is 0.112. The highest BCUT2D eigenvalue weighted by Crippen LogP contribution is 2.44. The zero-order valence-corrected chi connectivity index (χ0v) is 75.1. The largest absolute Gasteiger partial charge is 0.459 e. The molecule has 0 amide bonds. The smallest absolute Gasteiger partial charge is 0.311 e. The van der Waals surface area contributed by atoms with E-state index in [4.69, 9.17) is 56.8 Å². The number of cyclic esters (lactones) is 2. The normalized spacial score (nSPS) is 45.3. The molecule has 6 saturated heterocycles. The maximum absolute atomic E-state index is 14.4. The molecule has 31 nitrogen and oxygen atoms in total. The summed E-state index contributed by atoms with van der Waals surface area (Å²) in [4.78, 5) is 34.5. The average Bonchev–Trinajstić information content (AvgIpc) is 1.35. The summed E-state index contributed by atoms with van der Waals surface area (Å²) in [6.45, 7) is 37.1. The first-order chi connectivity index (χ1) is 54.4. The average molecular weight is 1670 g/mol. The zero-order valence-electron chi connectivity index (χ0n) is 75.1. The molecule has 6 fully saturated rings. The molecule has 0 bridgehead atoms. The van der Waals surface area contributed by atoms with E-state index in [1.54, 1.807) is 90.1 Å². The second-order valence-corrected chi connectivity index (χ2v) is 37.2. The second-order valence-electron chi connectivity index (χ2n) is 37.2. The molecule has 0 unspecified atom stereocenters. The lowest BCUT2D eigenvalue weighted by Crippen LogP contribution is -2.61. The number of esters is 2. The van der Waals surface area contributed by atoms with E-state index in [9.17, 15) is 60.7 Å². The van der Waals surface area contributed by atoms with Crippen molar-refractivity contribution in [1.29, 1.82) is 0 Å². The number of likely N-dealkylation sites (N-methyl/N-ethyl adjacent to an activating group) is 4. The monoisotopic (exact) mass is 1670 g/mol. The van der Waals surface area contributed by atoms with Crippen LogP contribution in [0.4, 0.5) is 0 Å². The van der Waals surface area contributed by atoms with Gasteiger partial charge in [0.1, 0.15) is 60.0 Å². The number of benzene rings is 1. The van der Waals surface area contributed by atoms with Crippen molar-refractivity contribution < 1.29 is 117 Å². The maximum Gasteiger partial charge on any atom is 0.311 e. The van der Waals surface area contributed by atoms with Gasteiger partial charge in [0.05, 0.1) is 95.3 Å². The highest BCUT2D eigenvalue weighted by Gasteiger charge is 2.57. The maximum atomic E-state index is 14.4. The molecule has 6 aliphatic rings. The van der Waals surface area contributed by atoms with Gasteiger partial charge >= 0.3 is 11.9 Å². The molecule has 0 spiro atoms. The molecule has 0 aliphatic carbocycles. The number of hydrogen-bond acceptors (Lipinski definition) is 30. The van der Waals surface area contributed by atoms with Crippen LogP contribution in [0.2, 0.25) is 0 Å². The Morgan fingerprint density at radius 1 is 0.564 bits per heavy atom. The number of carbonyl (C=O) groups is 2. The van der Waals surface area contributed by atoms with E-state index in [2.05, 4.69) is 32.7 Å². The number of aryl methyl sites for hydroxylation is 2. The van der Waals surface area contributed by atoms with Crippen LogP contribution in [0.15, 0.2) is 36.5 Å². The van der Waals surface area contributed by atoms with E-state index >= 15 is 0 Å². The van der Waals surface area contributed by atoms with Crippen LogP contribution in [-0.2, 0) is 85.8 Å². The van der Waals surface area contributed by atoms with Crippen LogP contribution in [0.25, 0.3) is 0 Å². The number of rotatable bonds is 20. The fraction of sp³-hybridized carbons (Fsp3) is 0.884. The van der Waals surface area contributed by atoms with E-state index in [0.717, 1.165) is 18.5 Å². The summed E-state index contributed by atoms with van der Waals surface area (Å²) < 4.78 is 77.4. The molecule has 1 aromatic heterocycles. The summed E-state index contributed by atoms with van der Waals surface area (Å²) in [6, 6.07) is 8.45. The van der Waals surface area contributed by atoms with Crippen molar-refractivity contribution in [2.45, 2.75) is 390 Å². The molecule has 2 aromatic rings. The Kier molecular flexibility index (Phi) is 36.4. The number of nitrogens with zero attached hydrogens (tertiary/aromatic N) is 6. The molecule has 676 valence electrons. The minimum Gasteiger partial charge on any atom is -0.459 e. The standard InChI is InChI=1S/C49H83N5O12.C37H70N2O12/c1-14-38-49(10,60)42(56)33(6)53(12)27-29(2)25-47(8,59)44(31(4)41(32(5)45(58)64-38)65-39-26-48(9,61-13)43(57)34(7)63-39)66-46-40(55)37(24-30(3)62-46)52(11)22-23-54-28-36(50-51-54)21-20-35-18-16-15-17-19-35;1-14-26-37(10,45)30(41)23(6)39(12)18-19(2)16-35(8,44)32(51-34-28(40)25(38-11)15-20(3)47-34)21(4)29(22(5)33(43)49-26)50-27-17-36(9,46-13)31(42)24(7)48-27/h15-19,28-34,37-44,46,55-57,59-60H,14,20-27H2,1-13H3;19-32,34,38,40-42,44-45H,14-18H2,1-13H3/t29-,30-,31+,32-,33-,34+,37+,38-,39+,40-,41+,42-,43+,44-,46+,47-,48-,49-;19-,20-,21+,22-,23-,24+,25+,26-,27+,28-,29+,30-,31+,32-,34+,35-,36-,37-/m11/s1. The Hall–Kier alpha value is -3.66. The minimum atomic E-state index is -1.83. The number of aliphatic hydroxyl groups excluding tert-OH is 6. The summed E-state index contributed by atoms with van der Waals surface area (Å²) >= 11 is 0. The first-order valence-electron chi connectivity index (χ1n) is 42.9. The summed E-state index contributed by atoms with van der Waals surface area (Å²) in [5.41, 5.74) is -6.72. The summed E-state index contributed by atoms with van der Waals surface area (Å²) in [5, 5.41) is 129. The molecule has 36 atom stereocenters. The predicted molar refractivity (Wildman–Crippen MR) is 437 cm³/mol. The number of carbonyl (C=O) groups excluding carboxylic acids is 2. The Balaban J connectivity index is 0.000000334. The van der Waals surface area contributed by atoms with E-state index in [0.29, 0.717) is 39.0 Å². The van der Waals surface area contributed by atoms with Gasteiger partial charge in [-0.05, 0) is 194 Å². The third-order valence-electron chi connectivity index (χ3n) is 26.8. The lowest BCUT2D eigenvalue weighted by Gasteiger charge is -2.49. The molecular formula is C86H153N7O24. The number of ether oxygens (including phenoxy) is 12. The number of nitrogens with one attached hydrogen (secondary N) is 1. The fourth-order valence-electron chi connectivity index (χ4n) is 19.1. The number of aliphatic hydroxyl groups is 10. The molecular weight excluding hydrogens is 1510 g/mol. The van der Waals surface area contributed by atoms with Crippen molar-refractivity contribution in [3.8, 4) is 0 Å². The van der Waals surface area contributed by atoms with Crippen molar-refractivity contribution in [1.82, 2.24) is 35.0 Å². The SMILES string of the molecule is CC[C@H]1OC(=O)[C@H](C)[C@@H](O[C@H]2C[C@@](C)(OC)[C@@H](O)[C@H](C)O2)[C@H](C)[C@@H](O[C@@H]2O[C@H](C)C[C@H](N(C)CCn3cc(CCc4ccccc4)nn3)[C@H]2O)[C@](C)(O)C[C@@H](C)CN(C)[C@H](C)[C@@H](O)[C@]1(C)O.CC[C@H]1OC(=O)[C@H](C)[C@@H](O[C@H]2C[C@@](C)(OC)[C@@H](O)[C@H](C)O2)[C@H](C)[C@@H](O[C@@H]2O[C@H](C)C[C@H](NC)[C@H]2O)[C@](C)(O)C[C@@H](C)CN(C)[C@H](C)[C@@H](O)[C@]1(C)O. The first-order valence-corrected chi connectivity index (χ1v) is 42.9. The van der Waals surface area contributed by atoms with Gasteiger partial charge < -0.3 is 123 Å². The molecule has 7 heterocycles. The fourth-order valence-corrected chi connectivity index (χ4v) is 19.1. The van der Waals surface area contributed by atoms with Crippen LogP contribution in [0.5, 0.6) is 0 Å². The third-order valence-corrected chi connectivity index (χ3v) is 26.8. The Bertz CT molecular complexity index is 3330. The molecule has 8 rings (SSSR count). The molecule has 1 aromatic carbocycles. The predicted octanol–water partition coefficient (Wildman–Crippen LogP) is 4.91. The third kappa shape index (κ3) is 24.7. The van der Waals surface area contributed by atoms with Crippen LogP contribution >= 0.6 is 0 Å². The van der Waals surface area contributed by atoms with Crippen LogP contribution in [0, 0.1) is 35.5 Å². The van der Waals surface area contributed by atoms with Crippen LogP contribution in [0.3, 0.4) is 0 Å². The topological polar surface area (TPSA) is 400 Å². The van der Waals surface area contributed by atoms with Crippen molar-refractivity contribution in [3.63, 3.8) is 0 Å². The van der Waals surface area contributed by atoms with Gasteiger partial charge in [0.2, 0.25) is 0 Å². The van der Waals surface area contributed by atoms with E-state index in [1.807, 2.05) is 102 Å². The summed E-state index contributed by atoms with van der Waals surface area (Å²) in [5.74, 6) is -5.31. The van der Waals surface area contributed by atoms with Gasteiger partial charge in [-0.25, -0.2) is 0 Å². The van der Waals surface area contributed by atoms with Crippen LogP contribution in [-0.4, -0.2) is 335 Å². The molecule has 0 radical (unpaired) electrons. The van der Waals surface area contributed by atoms with Gasteiger partial charge in [-0.2, -0.15) is 0 Å². The van der Waals surface area contributed by atoms with Crippen LogP contribution in [0.1, 0.15) is 201 Å². The van der Waals surface area contributed by atoms with E-state index in [1.165, 1.54) is 33.6 Å².